The summed E-state index contributed by atoms with van der Waals surface area (Å²) in [4.78, 5) is 0. The van der Waals surface area contributed by atoms with Crippen molar-refractivity contribution in [3.05, 3.63) is 36.1 Å². The van der Waals surface area contributed by atoms with Gasteiger partial charge in [0.25, 0.3) is 0 Å². The van der Waals surface area contributed by atoms with E-state index in [1.165, 1.54) is 0 Å². The fourth-order valence-electron chi connectivity index (χ4n) is 2.00. The standard InChI is InChI=1S/C14H20N2O2/c1-10(17-2)7-8-12(16-15)14-9-11-5-3-4-6-13(11)18-14/h3-6,9-10,12,16H,7-8,15H2,1-2H3. The van der Waals surface area contributed by atoms with Gasteiger partial charge in [0.15, 0.2) is 0 Å². The molecule has 0 saturated carbocycles. The van der Waals surface area contributed by atoms with Gasteiger partial charge in [-0.25, -0.2) is 5.43 Å². The van der Waals surface area contributed by atoms with Gasteiger partial charge in [-0.2, -0.15) is 0 Å². The third kappa shape index (κ3) is 2.90. The minimum absolute atomic E-state index is 0.0231. The molecule has 2 unspecified atom stereocenters. The number of nitrogens with one attached hydrogen (secondary N) is 1. The van der Waals surface area contributed by atoms with Crippen LogP contribution in [0.5, 0.6) is 0 Å². The largest absolute Gasteiger partial charge is 0.459 e. The Labute approximate surface area is 107 Å². The summed E-state index contributed by atoms with van der Waals surface area (Å²) in [5.41, 5.74) is 3.71. The van der Waals surface area contributed by atoms with Gasteiger partial charge < -0.3 is 9.15 Å². The molecule has 0 bridgehead atoms. The van der Waals surface area contributed by atoms with Gasteiger partial charge in [-0.1, -0.05) is 18.2 Å². The Morgan fingerprint density at radius 2 is 2.11 bits per heavy atom. The summed E-state index contributed by atoms with van der Waals surface area (Å²) in [7, 11) is 1.72. The van der Waals surface area contributed by atoms with Crippen molar-refractivity contribution < 1.29 is 9.15 Å². The second-order valence-electron chi connectivity index (χ2n) is 4.53. The van der Waals surface area contributed by atoms with Crippen molar-refractivity contribution in [2.45, 2.75) is 31.9 Å². The summed E-state index contributed by atoms with van der Waals surface area (Å²) in [6, 6.07) is 10.0. The number of ether oxygens (including phenoxy) is 1. The summed E-state index contributed by atoms with van der Waals surface area (Å²) >= 11 is 0. The second-order valence-corrected chi connectivity index (χ2v) is 4.53. The number of benzene rings is 1. The molecule has 0 spiro atoms. The molecule has 0 radical (unpaired) electrons. The van der Waals surface area contributed by atoms with Crippen LogP contribution < -0.4 is 11.3 Å². The molecule has 2 atom stereocenters. The quantitative estimate of drug-likeness (QED) is 0.609. The summed E-state index contributed by atoms with van der Waals surface area (Å²) in [6.45, 7) is 2.05. The van der Waals surface area contributed by atoms with Crippen LogP contribution in [0.4, 0.5) is 0 Å². The molecule has 0 aliphatic carbocycles. The molecule has 98 valence electrons. The minimum atomic E-state index is 0.0231. The van der Waals surface area contributed by atoms with E-state index in [4.69, 9.17) is 15.0 Å². The molecule has 0 aliphatic heterocycles. The third-order valence-corrected chi connectivity index (χ3v) is 3.25. The van der Waals surface area contributed by atoms with Crippen LogP contribution in [0, 0.1) is 0 Å². The number of methoxy groups -OCH3 is 1. The van der Waals surface area contributed by atoms with Gasteiger partial charge in [0.2, 0.25) is 0 Å². The van der Waals surface area contributed by atoms with Crippen molar-refractivity contribution in [2.24, 2.45) is 5.84 Å². The number of rotatable bonds is 6. The van der Waals surface area contributed by atoms with Gasteiger partial charge in [-0.15, -0.1) is 0 Å². The van der Waals surface area contributed by atoms with E-state index in [1.54, 1.807) is 7.11 Å². The number of hydrogen-bond donors (Lipinski definition) is 2. The number of hydrazine groups is 1. The van der Waals surface area contributed by atoms with E-state index in [1.807, 2.05) is 37.3 Å². The van der Waals surface area contributed by atoms with Gasteiger partial charge in [0.05, 0.1) is 12.1 Å². The molecule has 4 nitrogen and oxygen atoms in total. The summed E-state index contributed by atoms with van der Waals surface area (Å²) in [5.74, 6) is 6.48. The summed E-state index contributed by atoms with van der Waals surface area (Å²) in [6.07, 6.45) is 2.04. The highest BCUT2D eigenvalue weighted by molar-refractivity contribution is 5.77. The van der Waals surface area contributed by atoms with Crippen LogP contribution in [0.15, 0.2) is 34.7 Å². The lowest BCUT2D eigenvalue weighted by atomic mass is 10.1. The Kier molecular flexibility index (Phi) is 4.36. The fraction of sp³-hybridized carbons (Fsp3) is 0.429. The fourth-order valence-corrected chi connectivity index (χ4v) is 2.00. The monoisotopic (exact) mass is 248 g/mol. The third-order valence-electron chi connectivity index (χ3n) is 3.25. The normalized spacial score (nSPS) is 14.8. The maximum absolute atomic E-state index is 5.80. The van der Waals surface area contributed by atoms with Gasteiger partial charge in [0.1, 0.15) is 11.3 Å². The van der Waals surface area contributed by atoms with Crippen molar-refractivity contribution in [2.75, 3.05) is 7.11 Å². The van der Waals surface area contributed by atoms with E-state index in [0.29, 0.717) is 0 Å². The first kappa shape index (κ1) is 13.1. The Bertz CT molecular complexity index is 462. The zero-order valence-corrected chi connectivity index (χ0v) is 10.8. The maximum Gasteiger partial charge on any atom is 0.134 e. The van der Waals surface area contributed by atoms with E-state index < -0.39 is 0 Å². The topological polar surface area (TPSA) is 60.4 Å². The maximum atomic E-state index is 5.80. The van der Waals surface area contributed by atoms with Crippen LogP contribution >= 0.6 is 0 Å². The van der Waals surface area contributed by atoms with Crippen LogP contribution in [0.25, 0.3) is 11.0 Å². The Morgan fingerprint density at radius 1 is 1.33 bits per heavy atom. The zero-order chi connectivity index (χ0) is 13.0. The Balaban J connectivity index is 2.11. The number of hydrogen-bond acceptors (Lipinski definition) is 4. The summed E-state index contributed by atoms with van der Waals surface area (Å²) < 4.78 is 11.0. The minimum Gasteiger partial charge on any atom is -0.459 e. The van der Waals surface area contributed by atoms with Crippen molar-refractivity contribution in [3.8, 4) is 0 Å². The highest BCUT2D eigenvalue weighted by Gasteiger charge is 2.15. The molecule has 0 aliphatic rings. The molecule has 0 amide bonds. The lowest BCUT2D eigenvalue weighted by Gasteiger charge is -2.15. The van der Waals surface area contributed by atoms with Gasteiger partial charge in [0, 0.05) is 12.5 Å². The van der Waals surface area contributed by atoms with Gasteiger partial charge in [-0.05, 0) is 31.9 Å². The molecular formula is C14H20N2O2. The SMILES string of the molecule is COC(C)CCC(NN)c1cc2ccccc2o1. The first-order valence-electron chi connectivity index (χ1n) is 6.22. The van der Waals surface area contributed by atoms with E-state index in [-0.39, 0.29) is 12.1 Å². The van der Waals surface area contributed by atoms with Crippen LogP contribution in [0.3, 0.4) is 0 Å². The van der Waals surface area contributed by atoms with E-state index in [2.05, 4.69) is 5.43 Å². The number of nitrogens with two attached hydrogens (primary N) is 1. The average molecular weight is 248 g/mol. The molecule has 3 N–H and O–H groups in total. The second kappa shape index (κ2) is 6.00. The average Bonchev–Trinajstić information content (AvgIpc) is 2.82. The predicted octanol–water partition coefficient (Wildman–Crippen LogP) is 2.75. The van der Waals surface area contributed by atoms with E-state index in [9.17, 15) is 0 Å². The molecule has 1 aromatic carbocycles. The molecule has 0 saturated heterocycles. The van der Waals surface area contributed by atoms with Crippen molar-refractivity contribution in [1.82, 2.24) is 5.43 Å². The Hall–Kier alpha value is -1.36. The van der Waals surface area contributed by atoms with Gasteiger partial charge in [-0.3, -0.25) is 5.84 Å². The molecule has 2 aromatic rings. The van der Waals surface area contributed by atoms with Crippen molar-refractivity contribution >= 4 is 11.0 Å². The molecule has 18 heavy (non-hydrogen) atoms. The van der Waals surface area contributed by atoms with Crippen molar-refractivity contribution in [1.29, 1.82) is 0 Å². The zero-order valence-electron chi connectivity index (χ0n) is 10.8. The van der Waals surface area contributed by atoms with E-state index in [0.717, 1.165) is 29.6 Å². The highest BCUT2D eigenvalue weighted by Crippen LogP contribution is 2.26. The van der Waals surface area contributed by atoms with E-state index >= 15 is 0 Å². The molecule has 0 fully saturated rings. The summed E-state index contributed by atoms with van der Waals surface area (Å²) in [5, 5.41) is 1.10. The molecular weight excluding hydrogens is 228 g/mol. The van der Waals surface area contributed by atoms with Gasteiger partial charge >= 0.3 is 0 Å². The molecule has 4 heteroatoms. The lowest BCUT2D eigenvalue weighted by molar-refractivity contribution is 0.105. The predicted molar refractivity (Wildman–Crippen MR) is 72.0 cm³/mol. The number of furan rings is 1. The number of fused-ring (bicyclic) bond motifs is 1. The highest BCUT2D eigenvalue weighted by atomic mass is 16.5. The Morgan fingerprint density at radius 3 is 2.78 bits per heavy atom. The van der Waals surface area contributed by atoms with Crippen molar-refractivity contribution in [3.63, 3.8) is 0 Å². The molecule has 1 aromatic heterocycles. The molecule has 1 heterocycles. The van der Waals surface area contributed by atoms with Crippen LogP contribution in [0.1, 0.15) is 31.6 Å². The van der Waals surface area contributed by atoms with Crippen LogP contribution in [-0.4, -0.2) is 13.2 Å². The van der Waals surface area contributed by atoms with Crippen LogP contribution in [0.2, 0.25) is 0 Å². The first-order valence-corrected chi connectivity index (χ1v) is 6.22. The van der Waals surface area contributed by atoms with Crippen LogP contribution in [-0.2, 0) is 4.74 Å². The smallest absolute Gasteiger partial charge is 0.134 e. The number of para-hydroxylation sites is 1. The molecule has 2 rings (SSSR count). The lowest BCUT2D eigenvalue weighted by Crippen LogP contribution is -2.28. The first-order chi connectivity index (χ1) is 8.74.